The number of anilines is 1. The van der Waals surface area contributed by atoms with Gasteiger partial charge >= 0.3 is 6.18 Å². The highest BCUT2D eigenvalue weighted by atomic mass is 19.4. The number of nitrogen functional groups attached to an aromatic ring is 1. The number of unbranched alkanes of at least 4 members (excludes halogenated alkanes) is 3. The molecule has 0 unspecified atom stereocenters. The average Bonchev–Trinajstić information content (AvgIpc) is 2.35. The lowest BCUT2D eigenvalue weighted by Gasteiger charge is -2.19. The normalized spacial score (nSPS) is 13.2. The number of ether oxygens (including phenoxy) is 1. The van der Waals surface area contributed by atoms with Crippen LogP contribution >= 0.6 is 0 Å². The number of hydrogen-bond acceptors (Lipinski definition) is 2. The summed E-state index contributed by atoms with van der Waals surface area (Å²) in [5.74, 6) is -0.144. The quantitative estimate of drug-likeness (QED) is 0.564. The topological polar surface area (TPSA) is 35.2 Å². The molecule has 1 rings (SSSR count). The minimum Gasteiger partial charge on any atom is -0.490 e. The van der Waals surface area contributed by atoms with Crippen LogP contribution in [0.1, 0.15) is 51.5 Å². The van der Waals surface area contributed by atoms with Crippen molar-refractivity contribution in [3.8, 4) is 5.75 Å². The van der Waals surface area contributed by atoms with Gasteiger partial charge in [0, 0.05) is 5.69 Å². The summed E-state index contributed by atoms with van der Waals surface area (Å²) in [5, 5.41) is 0. The summed E-state index contributed by atoms with van der Waals surface area (Å²) in [6.07, 6.45) is 0.377. The van der Waals surface area contributed by atoms with Crippen LogP contribution in [0, 0.1) is 0 Å². The van der Waals surface area contributed by atoms with Crippen LogP contribution in [0.25, 0.3) is 0 Å². The Labute approximate surface area is 118 Å². The molecule has 2 N–H and O–H groups in total. The molecule has 20 heavy (non-hydrogen) atoms. The van der Waals surface area contributed by atoms with E-state index in [0.717, 1.165) is 38.2 Å². The lowest BCUT2D eigenvalue weighted by Crippen LogP contribution is -2.16. The molecular formula is C15H22F3NO. The van der Waals surface area contributed by atoms with Gasteiger partial charge in [-0.3, -0.25) is 0 Å². The Morgan fingerprint density at radius 2 is 1.90 bits per heavy atom. The van der Waals surface area contributed by atoms with Gasteiger partial charge in [0.05, 0.1) is 11.7 Å². The second kappa shape index (κ2) is 7.41. The summed E-state index contributed by atoms with van der Waals surface area (Å²) >= 11 is 0. The summed E-state index contributed by atoms with van der Waals surface area (Å²) in [6, 6.07) is 3.63. The molecule has 0 aliphatic rings. The van der Waals surface area contributed by atoms with Crippen LogP contribution in [0.2, 0.25) is 0 Å². The van der Waals surface area contributed by atoms with Gasteiger partial charge in [0.25, 0.3) is 0 Å². The first kappa shape index (κ1) is 16.7. The molecule has 0 saturated heterocycles. The van der Waals surface area contributed by atoms with Gasteiger partial charge in [-0.05, 0) is 38.0 Å². The fourth-order valence-electron chi connectivity index (χ4n) is 2.01. The SMILES string of the molecule is CCCCCC[C@H](C)Oc1ccc(N)cc1C(F)(F)F. The van der Waals surface area contributed by atoms with E-state index in [1.807, 2.05) is 0 Å². The Hall–Kier alpha value is -1.39. The van der Waals surface area contributed by atoms with Crippen molar-refractivity contribution in [2.45, 2.75) is 58.2 Å². The van der Waals surface area contributed by atoms with E-state index in [4.69, 9.17) is 10.5 Å². The molecule has 0 heterocycles. The monoisotopic (exact) mass is 289 g/mol. The minimum absolute atomic E-state index is 0.0836. The average molecular weight is 289 g/mol. The molecule has 0 bridgehead atoms. The maximum atomic E-state index is 12.9. The van der Waals surface area contributed by atoms with Crippen LogP contribution in [-0.4, -0.2) is 6.10 Å². The Kier molecular flexibility index (Phi) is 6.17. The Morgan fingerprint density at radius 3 is 2.50 bits per heavy atom. The van der Waals surface area contributed by atoms with Crippen molar-refractivity contribution in [2.75, 3.05) is 5.73 Å². The number of hydrogen-bond donors (Lipinski definition) is 1. The van der Waals surface area contributed by atoms with Gasteiger partial charge in [0.1, 0.15) is 5.75 Å². The molecular weight excluding hydrogens is 267 g/mol. The van der Waals surface area contributed by atoms with Crippen LogP contribution in [-0.2, 0) is 6.18 Å². The fraction of sp³-hybridized carbons (Fsp3) is 0.600. The van der Waals surface area contributed by atoms with E-state index in [9.17, 15) is 13.2 Å². The molecule has 0 saturated carbocycles. The van der Waals surface area contributed by atoms with Crippen molar-refractivity contribution in [3.63, 3.8) is 0 Å². The number of alkyl halides is 3. The van der Waals surface area contributed by atoms with Crippen molar-refractivity contribution < 1.29 is 17.9 Å². The first-order chi connectivity index (χ1) is 9.34. The van der Waals surface area contributed by atoms with Crippen LogP contribution in [0.15, 0.2) is 18.2 Å². The highest BCUT2D eigenvalue weighted by molar-refractivity contribution is 5.49. The van der Waals surface area contributed by atoms with Crippen LogP contribution in [0.3, 0.4) is 0 Å². The maximum absolute atomic E-state index is 12.9. The van der Waals surface area contributed by atoms with E-state index in [-0.39, 0.29) is 17.5 Å². The van der Waals surface area contributed by atoms with Crippen LogP contribution in [0.4, 0.5) is 18.9 Å². The molecule has 0 aliphatic carbocycles. The molecule has 0 fully saturated rings. The van der Waals surface area contributed by atoms with E-state index in [1.54, 1.807) is 6.92 Å². The second-order valence-electron chi connectivity index (χ2n) is 5.03. The van der Waals surface area contributed by atoms with Crippen molar-refractivity contribution >= 4 is 5.69 Å². The van der Waals surface area contributed by atoms with Crippen molar-refractivity contribution in [1.29, 1.82) is 0 Å². The van der Waals surface area contributed by atoms with Gasteiger partial charge in [-0.1, -0.05) is 26.2 Å². The summed E-state index contributed by atoms with van der Waals surface area (Å²) < 4.78 is 44.1. The maximum Gasteiger partial charge on any atom is 0.420 e. The highest BCUT2D eigenvalue weighted by Gasteiger charge is 2.34. The predicted molar refractivity (Wildman–Crippen MR) is 74.7 cm³/mol. The first-order valence-corrected chi connectivity index (χ1v) is 6.98. The molecule has 0 amide bonds. The lowest BCUT2D eigenvalue weighted by molar-refractivity contribution is -0.139. The zero-order valence-corrected chi connectivity index (χ0v) is 12.0. The van der Waals surface area contributed by atoms with E-state index in [1.165, 1.54) is 12.1 Å². The third-order valence-electron chi connectivity index (χ3n) is 3.10. The smallest absolute Gasteiger partial charge is 0.420 e. The van der Waals surface area contributed by atoms with Gasteiger partial charge in [-0.25, -0.2) is 0 Å². The molecule has 0 aromatic heterocycles. The molecule has 1 aromatic carbocycles. The van der Waals surface area contributed by atoms with Crippen LogP contribution in [0.5, 0.6) is 5.75 Å². The van der Waals surface area contributed by atoms with Gasteiger partial charge in [0.15, 0.2) is 0 Å². The largest absolute Gasteiger partial charge is 0.490 e. The highest BCUT2D eigenvalue weighted by Crippen LogP contribution is 2.38. The zero-order valence-electron chi connectivity index (χ0n) is 12.0. The number of nitrogens with two attached hydrogens (primary N) is 1. The summed E-state index contributed by atoms with van der Waals surface area (Å²) in [5.41, 5.74) is 4.69. The van der Waals surface area contributed by atoms with E-state index in [2.05, 4.69) is 6.92 Å². The Morgan fingerprint density at radius 1 is 1.20 bits per heavy atom. The van der Waals surface area contributed by atoms with Crippen molar-refractivity contribution in [2.24, 2.45) is 0 Å². The molecule has 1 aromatic rings. The standard InChI is InChI=1S/C15H22F3NO/c1-3-4-5-6-7-11(2)20-14-9-8-12(19)10-13(14)15(16,17)18/h8-11H,3-7,19H2,1-2H3/t11-/m0/s1. The van der Waals surface area contributed by atoms with Crippen molar-refractivity contribution in [1.82, 2.24) is 0 Å². The summed E-state index contributed by atoms with van der Waals surface area (Å²) in [6.45, 7) is 3.91. The molecule has 1 atom stereocenters. The zero-order chi connectivity index (χ0) is 15.2. The molecule has 0 radical (unpaired) electrons. The third kappa shape index (κ3) is 5.31. The van der Waals surface area contributed by atoms with Gasteiger partial charge in [-0.2, -0.15) is 13.2 Å². The molecule has 114 valence electrons. The van der Waals surface area contributed by atoms with Gasteiger partial charge in [-0.15, -0.1) is 0 Å². The van der Waals surface area contributed by atoms with Gasteiger partial charge < -0.3 is 10.5 Å². The Bertz CT molecular complexity index is 418. The van der Waals surface area contributed by atoms with E-state index in [0.29, 0.717) is 0 Å². The van der Waals surface area contributed by atoms with E-state index >= 15 is 0 Å². The summed E-state index contributed by atoms with van der Waals surface area (Å²) in [4.78, 5) is 0. The van der Waals surface area contributed by atoms with Crippen molar-refractivity contribution in [3.05, 3.63) is 23.8 Å². The molecule has 0 aliphatic heterocycles. The number of halogens is 3. The van der Waals surface area contributed by atoms with E-state index < -0.39 is 11.7 Å². The number of rotatable bonds is 7. The number of benzene rings is 1. The second-order valence-corrected chi connectivity index (χ2v) is 5.03. The van der Waals surface area contributed by atoms with Gasteiger partial charge in [0.2, 0.25) is 0 Å². The minimum atomic E-state index is -4.45. The summed E-state index contributed by atoms with van der Waals surface area (Å²) in [7, 11) is 0. The molecule has 5 heteroatoms. The molecule has 0 spiro atoms. The molecule has 2 nitrogen and oxygen atoms in total. The lowest BCUT2D eigenvalue weighted by atomic mass is 10.1. The first-order valence-electron chi connectivity index (χ1n) is 6.98. The van der Waals surface area contributed by atoms with Crippen LogP contribution < -0.4 is 10.5 Å². The fourth-order valence-corrected chi connectivity index (χ4v) is 2.01. The predicted octanol–water partition coefficient (Wildman–Crippen LogP) is 5.03. The third-order valence-corrected chi connectivity index (χ3v) is 3.10. The Balaban J connectivity index is 2.67.